The van der Waals surface area contributed by atoms with Gasteiger partial charge in [-0.15, -0.1) is 0 Å². The third-order valence-corrected chi connectivity index (χ3v) is 2.53. The van der Waals surface area contributed by atoms with E-state index in [-0.39, 0.29) is 0 Å². The third kappa shape index (κ3) is 2.81. The van der Waals surface area contributed by atoms with Crippen LogP contribution in [0.25, 0.3) is 0 Å². The summed E-state index contributed by atoms with van der Waals surface area (Å²) in [6, 6.07) is 6.34. The van der Waals surface area contributed by atoms with Gasteiger partial charge in [-0.05, 0) is 24.1 Å². The zero-order chi connectivity index (χ0) is 12.1. The molecule has 0 spiro atoms. The SMILES string of the molecule is CC[C@@H](O)[C@@H](N)c1cccc(C(=O)OC)c1. The van der Waals surface area contributed by atoms with E-state index in [9.17, 15) is 9.90 Å². The zero-order valence-electron chi connectivity index (χ0n) is 9.51. The van der Waals surface area contributed by atoms with Crippen molar-refractivity contribution in [1.82, 2.24) is 0 Å². The van der Waals surface area contributed by atoms with Crippen molar-refractivity contribution in [3.8, 4) is 0 Å². The van der Waals surface area contributed by atoms with Gasteiger partial charge in [-0.1, -0.05) is 19.1 Å². The summed E-state index contributed by atoms with van der Waals surface area (Å²) in [6.07, 6.45) is -0.0308. The van der Waals surface area contributed by atoms with E-state index in [1.165, 1.54) is 7.11 Å². The first kappa shape index (κ1) is 12.7. The van der Waals surface area contributed by atoms with Crippen LogP contribution in [0.5, 0.6) is 0 Å². The number of nitrogens with two attached hydrogens (primary N) is 1. The normalized spacial score (nSPS) is 14.2. The highest BCUT2D eigenvalue weighted by Crippen LogP contribution is 2.18. The number of carbonyl (C=O) groups excluding carboxylic acids is 1. The van der Waals surface area contributed by atoms with E-state index < -0.39 is 18.1 Å². The van der Waals surface area contributed by atoms with E-state index in [0.717, 1.165) is 5.56 Å². The second kappa shape index (κ2) is 5.63. The lowest BCUT2D eigenvalue weighted by molar-refractivity contribution is 0.0600. The zero-order valence-corrected chi connectivity index (χ0v) is 9.51. The quantitative estimate of drug-likeness (QED) is 0.753. The van der Waals surface area contributed by atoms with Gasteiger partial charge in [0.05, 0.1) is 24.8 Å². The number of aliphatic hydroxyl groups is 1. The second-order valence-corrected chi connectivity index (χ2v) is 3.62. The Labute approximate surface area is 95.0 Å². The first-order valence-electron chi connectivity index (χ1n) is 5.22. The maximum absolute atomic E-state index is 11.3. The van der Waals surface area contributed by atoms with Gasteiger partial charge in [0.15, 0.2) is 0 Å². The average molecular weight is 223 g/mol. The second-order valence-electron chi connectivity index (χ2n) is 3.62. The standard InChI is InChI=1S/C12H17NO3/c1-3-10(14)11(13)8-5-4-6-9(7-8)12(15)16-2/h4-7,10-11,14H,3,13H2,1-2H3/t10-,11+/m1/s1. The molecule has 0 saturated heterocycles. The minimum absolute atomic E-state index is 0.403. The fraction of sp³-hybridized carbons (Fsp3) is 0.417. The van der Waals surface area contributed by atoms with Crippen molar-refractivity contribution in [2.75, 3.05) is 7.11 Å². The molecule has 0 aliphatic heterocycles. The van der Waals surface area contributed by atoms with Crippen LogP contribution in [0.3, 0.4) is 0 Å². The monoisotopic (exact) mass is 223 g/mol. The highest BCUT2D eigenvalue weighted by molar-refractivity contribution is 5.89. The number of rotatable bonds is 4. The molecule has 0 bridgehead atoms. The van der Waals surface area contributed by atoms with Crippen LogP contribution in [-0.2, 0) is 4.74 Å². The van der Waals surface area contributed by atoms with Gasteiger partial charge >= 0.3 is 5.97 Å². The van der Waals surface area contributed by atoms with Gasteiger partial charge in [0, 0.05) is 0 Å². The fourth-order valence-corrected chi connectivity index (χ4v) is 1.47. The molecule has 0 aliphatic carbocycles. The Bertz CT molecular complexity index is 365. The van der Waals surface area contributed by atoms with Gasteiger partial charge in [0.25, 0.3) is 0 Å². The number of esters is 1. The summed E-state index contributed by atoms with van der Waals surface area (Å²) in [6.45, 7) is 1.86. The summed E-state index contributed by atoms with van der Waals surface area (Å²) in [4.78, 5) is 11.3. The third-order valence-electron chi connectivity index (χ3n) is 2.53. The van der Waals surface area contributed by atoms with Crippen molar-refractivity contribution >= 4 is 5.97 Å². The Kier molecular flexibility index (Phi) is 4.46. The van der Waals surface area contributed by atoms with Crippen LogP contribution >= 0.6 is 0 Å². The van der Waals surface area contributed by atoms with Crippen LogP contribution in [0.2, 0.25) is 0 Å². The molecule has 3 N–H and O–H groups in total. The first-order valence-corrected chi connectivity index (χ1v) is 5.22. The van der Waals surface area contributed by atoms with Crippen molar-refractivity contribution < 1.29 is 14.6 Å². The molecule has 0 unspecified atom stereocenters. The minimum atomic E-state index is -0.604. The number of carbonyl (C=O) groups is 1. The van der Waals surface area contributed by atoms with E-state index in [2.05, 4.69) is 4.74 Å². The molecule has 0 aliphatic rings. The van der Waals surface area contributed by atoms with Gasteiger partial charge in [-0.2, -0.15) is 0 Å². The number of hydrogen-bond donors (Lipinski definition) is 2. The molecule has 4 nitrogen and oxygen atoms in total. The molecule has 1 rings (SSSR count). The van der Waals surface area contributed by atoms with Crippen molar-refractivity contribution in [1.29, 1.82) is 0 Å². The Morgan fingerprint density at radius 1 is 1.56 bits per heavy atom. The van der Waals surface area contributed by atoms with Crippen LogP contribution in [0.15, 0.2) is 24.3 Å². The highest BCUT2D eigenvalue weighted by atomic mass is 16.5. The van der Waals surface area contributed by atoms with E-state index in [1.807, 2.05) is 6.92 Å². The Balaban J connectivity index is 2.94. The molecule has 0 fully saturated rings. The van der Waals surface area contributed by atoms with Crippen molar-refractivity contribution in [3.05, 3.63) is 35.4 Å². The molecule has 0 aromatic heterocycles. The number of ether oxygens (including phenoxy) is 1. The maximum Gasteiger partial charge on any atom is 0.337 e. The molecule has 2 atom stereocenters. The van der Waals surface area contributed by atoms with Gasteiger partial charge in [-0.25, -0.2) is 4.79 Å². The summed E-state index contributed by atoms with van der Waals surface area (Å²) in [5, 5.41) is 9.63. The maximum atomic E-state index is 11.3. The van der Waals surface area contributed by atoms with E-state index in [0.29, 0.717) is 12.0 Å². The van der Waals surface area contributed by atoms with Crippen molar-refractivity contribution in [2.24, 2.45) is 5.73 Å². The molecule has 4 heteroatoms. The van der Waals surface area contributed by atoms with Crippen molar-refractivity contribution in [3.63, 3.8) is 0 Å². The van der Waals surface area contributed by atoms with Crippen LogP contribution in [0, 0.1) is 0 Å². The smallest absolute Gasteiger partial charge is 0.337 e. The molecule has 16 heavy (non-hydrogen) atoms. The predicted molar refractivity (Wildman–Crippen MR) is 61.0 cm³/mol. The Morgan fingerprint density at radius 2 is 2.25 bits per heavy atom. The lowest BCUT2D eigenvalue weighted by Crippen LogP contribution is -2.25. The minimum Gasteiger partial charge on any atom is -0.465 e. The van der Waals surface area contributed by atoms with Gasteiger partial charge in [0.1, 0.15) is 0 Å². The van der Waals surface area contributed by atoms with Gasteiger partial charge in [0.2, 0.25) is 0 Å². The molecule has 0 heterocycles. The molecule has 0 saturated carbocycles. The number of methoxy groups -OCH3 is 1. The van der Waals surface area contributed by atoms with E-state index in [1.54, 1.807) is 24.3 Å². The first-order chi connectivity index (χ1) is 7.60. The number of hydrogen-bond acceptors (Lipinski definition) is 4. The van der Waals surface area contributed by atoms with Crippen molar-refractivity contribution in [2.45, 2.75) is 25.5 Å². The van der Waals surface area contributed by atoms with E-state index in [4.69, 9.17) is 5.73 Å². The molecule has 1 aromatic carbocycles. The molecule has 0 amide bonds. The average Bonchev–Trinajstić information content (AvgIpc) is 2.36. The molecular formula is C12H17NO3. The summed E-state index contributed by atoms with van der Waals surface area (Å²) in [5.74, 6) is -0.403. The van der Waals surface area contributed by atoms with Crippen LogP contribution < -0.4 is 5.73 Å². The molecule has 0 radical (unpaired) electrons. The molecule has 88 valence electrons. The summed E-state index contributed by atoms with van der Waals surface area (Å²) >= 11 is 0. The highest BCUT2D eigenvalue weighted by Gasteiger charge is 2.16. The summed E-state index contributed by atoms with van der Waals surface area (Å²) < 4.78 is 4.62. The van der Waals surface area contributed by atoms with Crippen LogP contribution in [-0.4, -0.2) is 24.3 Å². The van der Waals surface area contributed by atoms with Crippen LogP contribution in [0.4, 0.5) is 0 Å². The van der Waals surface area contributed by atoms with Gasteiger partial charge < -0.3 is 15.6 Å². The summed E-state index contributed by atoms with van der Waals surface area (Å²) in [5.41, 5.74) is 7.03. The molecule has 1 aromatic rings. The molecular weight excluding hydrogens is 206 g/mol. The summed E-state index contributed by atoms with van der Waals surface area (Å²) in [7, 11) is 1.33. The largest absolute Gasteiger partial charge is 0.465 e. The number of benzene rings is 1. The lowest BCUT2D eigenvalue weighted by Gasteiger charge is -2.17. The van der Waals surface area contributed by atoms with Gasteiger partial charge in [-0.3, -0.25) is 0 Å². The number of aliphatic hydroxyl groups excluding tert-OH is 1. The van der Waals surface area contributed by atoms with Crippen LogP contribution in [0.1, 0.15) is 35.3 Å². The fourth-order valence-electron chi connectivity index (χ4n) is 1.47. The Morgan fingerprint density at radius 3 is 2.81 bits per heavy atom. The van der Waals surface area contributed by atoms with E-state index >= 15 is 0 Å². The lowest BCUT2D eigenvalue weighted by atomic mass is 9.99. The predicted octanol–water partition coefficient (Wildman–Crippen LogP) is 1.24. The Hall–Kier alpha value is -1.39. The topological polar surface area (TPSA) is 72.5 Å².